The van der Waals surface area contributed by atoms with Crippen LogP contribution < -0.4 is 4.74 Å². The van der Waals surface area contributed by atoms with Crippen molar-refractivity contribution in [3.8, 4) is 5.75 Å². The van der Waals surface area contributed by atoms with Crippen molar-refractivity contribution in [1.29, 1.82) is 0 Å². The minimum absolute atomic E-state index is 0.0665. The number of nitrogens with zero attached hydrogens (tertiary/aromatic N) is 3. The Morgan fingerprint density at radius 3 is 2.78 bits per heavy atom. The van der Waals surface area contributed by atoms with Crippen LogP contribution in [0.4, 0.5) is 0 Å². The molecule has 0 saturated heterocycles. The summed E-state index contributed by atoms with van der Waals surface area (Å²) < 4.78 is 5.25. The minimum Gasteiger partial charge on any atom is -0.497 e. The smallest absolute Gasteiger partial charge is 0.233 e. The van der Waals surface area contributed by atoms with E-state index >= 15 is 0 Å². The molecule has 1 amide bonds. The van der Waals surface area contributed by atoms with Crippen molar-refractivity contribution < 1.29 is 9.53 Å². The van der Waals surface area contributed by atoms with Gasteiger partial charge < -0.3 is 9.64 Å². The molecule has 2 heterocycles. The fourth-order valence-corrected chi connectivity index (χ4v) is 5.00. The normalized spacial score (nSPS) is 11.0. The Kier molecular flexibility index (Phi) is 6.01. The summed E-state index contributed by atoms with van der Waals surface area (Å²) in [5.74, 6) is 1.95. The molecule has 3 aromatic rings. The summed E-state index contributed by atoms with van der Waals surface area (Å²) in [4.78, 5) is 25.7. The van der Waals surface area contributed by atoms with E-state index < -0.39 is 0 Å². The second-order valence-corrected chi connectivity index (χ2v) is 8.60. The zero-order chi connectivity index (χ0) is 19.6. The average Bonchev–Trinajstić information content (AvgIpc) is 2.93. The summed E-state index contributed by atoms with van der Waals surface area (Å²) in [6.45, 7) is 6.63. The Labute approximate surface area is 167 Å². The van der Waals surface area contributed by atoms with Crippen LogP contribution in [-0.2, 0) is 11.3 Å². The number of carbonyl (C=O) groups excluding carboxylic acids is 1. The van der Waals surface area contributed by atoms with Crippen LogP contribution in [0, 0.1) is 20.8 Å². The van der Waals surface area contributed by atoms with Crippen LogP contribution in [0.2, 0.25) is 0 Å². The van der Waals surface area contributed by atoms with E-state index in [1.807, 2.05) is 38.2 Å². The van der Waals surface area contributed by atoms with E-state index in [0.29, 0.717) is 12.3 Å². The monoisotopic (exact) mass is 401 g/mol. The van der Waals surface area contributed by atoms with Crippen LogP contribution in [0.1, 0.15) is 21.8 Å². The van der Waals surface area contributed by atoms with E-state index in [1.165, 1.54) is 22.2 Å². The number of thioether (sulfide) groups is 1. The SMILES string of the molecule is COc1cccc(CN(C)C(=O)CSc2nc(C)nc3sc(C)c(C)c23)c1. The third-order valence-corrected chi connectivity index (χ3v) is 6.48. The van der Waals surface area contributed by atoms with Gasteiger partial charge in [-0.15, -0.1) is 11.3 Å². The van der Waals surface area contributed by atoms with Gasteiger partial charge in [0, 0.05) is 23.9 Å². The molecule has 7 heteroatoms. The fourth-order valence-electron chi connectivity index (χ4n) is 2.79. The minimum atomic E-state index is 0.0665. The summed E-state index contributed by atoms with van der Waals surface area (Å²) >= 11 is 3.17. The Hall–Kier alpha value is -2.12. The van der Waals surface area contributed by atoms with Crippen LogP contribution >= 0.6 is 23.1 Å². The quantitative estimate of drug-likeness (QED) is 0.453. The lowest BCUT2D eigenvalue weighted by Crippen LogP contribution is -2.27. The number of fused-ring (bicyclic) bond motifs is 1. The number of ether oxygens (including phenoxy) is 1. The van der Waals surface area contributed by atoms with Gasteiger partial charge in [0.05, 0.1) is 12.9 Å². The summed E-state index contributed by atoms with van der Waals surface area (Å²) in [6.07, 6.45) is 0. The van der Waals surface area contributed by atoms with Gasteiger partial charge in [0.2, 0.25) is 5.91 Å². The van der Waals surface area contributed by atoms with Crippen LogP contribution in [-0.4, -0.2) is 40.7 Å². The largest absolute Gasteiger partial charge is 0.497 e. The Bertz CT molecular complexity index is 985. The molecule has 27 heavy (non-hydrogen) atoms. The van der Waals surface area contributed by atoms with Gasteiger partial charge in [-0.25, -0.2) is 9.97 Å². The molecule has 0 bridgehead atoms. The average molecular weight is 402 g/mol. The van der Waals surface area contributed by atoms with E-state index in [4.69, 9.17) is 4.74 Å². The molecule has 3 rings (SSSR count). The number of carbonyl (C=O) groups is 1. The maximum Gasteiger partial charge on any atom is 0.233 e. The lowest BCUT2D eigenvalue weighted by Gasteiger charge is -2.17. The molecule has 0 radical (unpaired) electrons. The number of aryl methyl sites for hydroxylation is 3. The predicted molar refractivity (Wildman–Crippen MR) is 112 cm³/mol. The molecular weight excluding hydrogens is 378 g/mol. The number of hydrogen-bond acceptors (Lipinski definition) is 6. The van der Waals surface area contributed by atoms with Crippen molar-refractivity contribution in [1.82, 2.24) is 14.9 Å². The molecular formula is C20H23N3O2S2. The van der Waals surface area contributed by atoms with Gasteiger partial charge in [-0.3, -0.25) is 4.79 Å². The number of methoxy groups -OCH3 is 1. The van der Waals surface area contributed by atoms with E-state index in [0.717, 1.165) is 32.4 Å². The van der Waals surface area contributed by atoms with Crippen molar-refractivity contribution in [2.45, 2.75) is 32.3 Å². The highest BCUT2D eigenvalue weighted by Crippen LogP contribution is 2.35. The van der Waals surface area contributed by atoms with Crippen LogP contribution in [0.25, 0.3) is 10.2 Å². The maximum atomic E-state index is 12.6. The maximum absolute atomic E-state index is 12.6. The zero-order valence-corrected chi connectivity index (χ0v) is 17.8. The van der Waals surface area contributed by atoms with Gasteiger partial charge in [-0.05, 0) is 44.0 Å². The molecule has 1 aromatic carbocycles. The van der Waals surface area contributed by atoms with Crippen molar-refractivity contribution in [2.24, 2.45) is 0 Å². The fraction of sp³-hybridized carbons (Fsp3) is 0.350. The molecule has 0 fully saturated rings. The first-order chi connectivity index (χ1) is 12.9. The van der Waals surface area contributed by atoms with Crippen LogP contribution in [0.5, 0.6) is 5.75 Å². The third kappa shape index (κ3) is 4.42. The van der Waals surface area contributed by atoms with E-state index in [1.54, 1.807) is 23.3 Å². The van der Waals surface area contributed by atoms with Crippen molar-refractivity contribution in [2.75, 3.05) is 19.9 Å². The topological polar surface area (TPSA) is 55.3 Å². The number of amides is 1. The van der Waals surface area contributed by atoms with Crippen LogP contribution in [0.15, 0.2) is 29.3 Å². The molecule has 5 nitrogen and oxygen atoms in total. The van der Waals surface area contributed by atoms with Gasteiger partial charge in [0.1, 0.15) is 21.4 Å². The van der Waals surface area contributed by atoms with Crippen LogP contribution in [0.3, 0.4) is 0 Å². The van der Waals surface area contributed by atoms with Gasteiger partial charge in [0.25, 0.3) is 0 Å². The lowest BCUT2D eigenvalue weighted by atomic mass is 10.2. The number of hydrogen-bond donors (Lipinski definition) is 0. The standard InChI is InChI=1S/C20H23N3O2S2/c1-12-13(2)27-20-18(12)19(21-14(3)22-20)26-11-17(24)23(4)10-15-7-6-8-16(9-15)25-5/h6-9H,10-11H2,1-5H3. The van der Waals surface area contributed by atoms with E-state index in [-0.39, 0.29) is 5.91 Å². The summed E-state index contributed by atoms with van der Waals surface area (Å²) in [5.41, 5.74) is 2.24. The summed E-state index contributed by atoms with van der Waals surface area (Å²) in [5, 5.41) is 1.97. The summed E-state index contributed by atoms with van der Waals surface area (Å²) in [7, 11) is 3.46. The predicted octanol–water partition coefficient (Wildman–Crippen LogP) is 4.38. The van der Waals surface area contributed by atoms with Gasteiger partial charge >= 0.3 is 0 Å². The summed E-state index contributed by atoms with van der Waals surface area (Å²) in [6, 6.07) is 7.78. The molecule has 0 atom stereocenters. The number of thiophene rings is 1. The van der Waals surface area contributed by atoms with Gasteiger partial charge in [0.15, 0.2) is 0 Å². The van der Waals surface area contributed by atoms with Crippen molar-refractivity contribution >= 4 is 39.2 Å². The molecule has 142 valence electrons. The molecule has 0 spiro atoms. The highest BCUT2D eigenvalue weighted by Gasteiger charge is 2.16. The molecule has 0 N–H and O–H groups in total. The van der Waals surface area contributed by atoms with Gasteiger partial charge in [-0.1, -0.05) is 23.9 Å². The highest BCUT2D eigenvalue weighted by atomic mass is 32.2. The first-order valence-corrected chi connectivity index (χ1v) is 10.4. The number of benzene rings is 1. The Morgan fingerprint density at radius 2 is 2.04 bits per heavy atom. The molecule has 0 unspecified atom stereocenters. The first-order valence-electron chi connectivity index (χ1n) is 8.63. The third-order valence-electron chi connectivity index (χ3n) is 4.42. The second-order valence-electron chi connectivity index (χ2n) is 6.43. The number of rotatable bonds is 6. The number of aromatic nitrogens is 2. The zero-order valence-electron chi connectivity index (χ0n) is 16.2. The molecule has 0 aliphatic heterocycles. The Morgan fingerprint density at radius 1 is 1.26 bits per heavy atom. The van der Waals surface area contributed by atoms with E-state index in [2.05, 4.69) is 23.8 Å². The van der Waals surface area contributed by atoms with Crippen molar-refractivity contribution in [3.05, 3.63) is 46.1 Å². The second kappa shape index (κ2) is 8.27. The first kappa shape index (κ1) is 19.6. The molecule has 2 aromatic heterocycles. The van der Waals surface area contributed by atoms with E-state index in [9.17, 15) is 4.79 Å². The molecule has 0 aliphatic rings. The lowest BCUT2D eigenvalue weighted by molar-refractivity contribution is -0.127. The highest BCUT2D eigenvalue weighted by molar-refractivity contribution is 8.00. The Balaban J connectivity index is 1.71. The van der Waals surface area contributed by atoms with Gasteiger partial charge in [-0.2, -0.15) is 0 Å². The van der Waals surface area contributed by atoms with Crippen molar-refractivity contribution in [3.63, 3.8) is 0 Å². The molecule has 0 saturated carbocycles. The molecule has 0 aliphatic carbocycles.